The molecule has 2 aromatic heterocycles. The van der Waals surface area contributed by atoms with Crippen molar-refractivity contribution in [3.8, 4) is 5.75 Å². The summed E-state index contributed by atoms with van der Waals surface area (Å²) in [7, 11) is 1.84. The van der Waals surface area contributed by atoms with Crippen molar-refractivity contribution >= 4 is 39.9 Å². The molecule has 0 bridgehead atoms. The van der Waals surface area contributed by atoms with Crippen molar-refractivity contribution in [2.45, 2.75) is 0 Å². The van der Waals surface area contributed by atoms with E-state index in [1.165, 1.54) is 12.1 Å². The van der Waals surface area contributed by atoms with Crippen molar-refractivity contribution in [2.24, 2.45) is 7.05 Å². The number of nitrogens with zero attached hydrogens (tertiary/aromatic N) is 2. The maximum absolute atomic E-state index is 12.7. The Morgan fingerprint density at radius 3 is 2.62 bits per heavy atom. The lowest BCUT2D eigenvalue weighted by Crippen LogP contribution is -2.00. The molecule has 106 valence electrons. The van der Waals surface area contributed by atoms with E-state index < -0.39 is 0 Å². The van der Waals surface area contributed by atoms with Crippen LogP contribution in [0.4, 0.5) is 0 Å². The molecule has 0 unspecified atom stereocenters. The summed E-state index contributed by atoms with van der Waals surface area (Å²) in [6.45, 7) is 0. The van der Waals surface area contributed by atoms with E-state index in [1.54, 1.807) is 24.7 Å². The Bertz CT molecular complexity index is 848. The molecule has 0 saturated heterocycles. The van der Waals surface area contributed by atoms with E-state index in [-0.39, 0.29) is 21.6 Å². The van der Waals surface area contributed by atoms with Crippen molar-refractivity contribution in [3.63, 3.8) is 0 Å². The van der Waals surface area contributed by atoms with Crippen LogP contribution in [0.15, 0.2) is 36.8 Å². The topological polar surface area (TPSA) is 55.1 Å². The van der Waals surface area contributed by atoms with Gasteiger partial charge in [0, 0.05) is 36.0 Å². The van der Waals surface area contributed by atoms with Gasteiger partial charge < -0.3 is 9.67 Å². The molecule has 0 aliphatic carbocycles. The molecular formula is C15H10Cl2N2O2. The fourth-order valence-corrected chi connectivity index (χ4v) is 2.75. The Morgan fingerprint density at radius 2 is 1.95 bits per heavy atom. The van der Waals surface area contributed by atoms with Gasteiger partial charge in [-0.15, -0.1) is 0 Å². The third-order valence-electron chi connectivity index (χ3n) is 3.32. The van der Waals surface area contributed by atoms with Crippen LogP contribution in [0.25, 0.3) is 10.9 Å². The summed E-state index contributed by atoms with van der Waals surface area (Å²) in [5.74, 6) is -0.437. The van der Waals surface area contributed by atoms with Crippen molar-refractivity contribution < 1.29 is 9.90 Å². The van der Waals surface area contributed by atoms with E-state index in [4.69, 9.17) is 23.2 Å². The molecule has 3 aromatic rings. The molecule has 0 amide bonds. The zero-order valence-electron chi connectivity index (χ0n) is 11.0. The Morgan fingerprint density at radius 1 is 1.29 bits per heavy atom. The largest absolute Gasteiger partial charge is 0.505 e. The normalized spacial score (nSPS) is 11.0. The highest BCUT2D eigenvalue weighted by molar-refractivity contribution is 6.38. The monoisotopic (exact) mass is 320 g/mol. The number of pyridine rings is 1. The second-order valence-electron chi connectivity index (χ2n) is 4.66. The molecule has 3 rings (SSSR count). The number of halogens is 2. The fourth-order valence-electron chi connectivity index (χ4n) is 2.26. The minimum atomic E-state index is -0.225. The lowest BCUT2D eigenvalue weighted by atomic mass is 10.0. The third kappa shape index (κ3) is 2.26. The van der Waals surface area contributed by atoms with E-state index in [0.717, 1.165) is 10.9 Å². The summed E-state index contributed by atoms with van der Waals surface area (Å²) in [5, 5.41) is 10.5. The van der Waals surface area contributed by atoms with Crippen molar-refractivity contribution in [1.29, 1.82) is 0 Å². The number of hydrogen-bond donors (Lipinski definition) is 1. The quantitative estimate of drug-likeness (QED) is 0.730. The number of rotatable bonds is 2. The molecule has 0 aliphatic heterocycles. The number of ketones is 1. The second kappa shape index (κ2) is 5.06. The van der Waals surface area contributed by atoms with Crippen LogP contribution in [0.1, 0.15) is 15.9 Å². The Kier molecular flexibility index (Phi) is 3.35. The van der Waals surface area contributed by atoms with Gasteiger partial charge in [0.05, 0.1) is 21.8 Å². The number of aryl methyl sites for hydroxylation is 1. The lowest BCUT2D eigenvalue weighted by Gasteiger charge is -2.04. The van der Waals surface area contributed by atoms with Crippen LogP contribution in [0.2, 0.25) is 10.0 Å². The van der Waals surface area contributed by atoms with E-state index in [2.05, 4.69) is 4.98 Å². The Balaban J connectivity index is 2.17. The number of carbonyl (C=O) groups excluding carboxylic acids is 1. The van der Waals surface area contributed by atoms with Gasteiger partial charge >= 0.3 is 0 Å². The zero-order chi connectivity index (χ0) is 15.1. The number of benzene rings is 1. The number of carbonyl (C=O) groups is 1. The summed E-state index contributed by atoms with van der Waals surface area (Å²) in [4.78, 5) is 16.7. The van der Waals surface area contributed by atoms with Crippen LogP contribution >= 0.6 is 23.2 Å². The first-order valence-corrected chi connectivity index (χ1v) is 6.86. The predicted molar refractivity (Wildman–Crippen MR) is 82.3 cm³/mol. The average molecular weight is 321 g/mol. The van der Waals surface area contributed by atoms with Crippen LogP contribution in [0.3, 0.4) is 0 Å². The second-order valence-corrected chi connectivity index (χ2v) is 5.48. The predicted octanol–water partition coefficient (Wildman–Crippen LogP) is 3.82. The van der Waals surface area contributed by atoms with Gasteiger partial charge in [-0.2, -0.15) is 0 Å². The number of aromatic nitrogens is 2. The van der Waals surface area contributed by atoms with Crippen LogP contribution < -0.4 is 0 Å². The summed E-state index contributed by atoms with van der Waals surface area (Å²) in [6, 6.07) is 4.60. The molecule has 1 aromatic carbocycles. The SMILES string of the molecule is Cn1cc(C(=O)c2cc(Cl)c(O)c(Cl)c2)c2ccncc21. The minimum absolute atomic E-state index is 0.0488. The summed E-state index contributed by atoms with van der Waals surface area (Å²) in [6.07, 6.45) is 5.07. The van der Waals surface area contributed by atoms with E-state index in [1.807, 2.05) is 11.6 Å². The molecule has 6 heteroatoms. The van der Waals surface area contributed by atoms with Gasteiger partial charge in [0.2, 0.25) is 0 Å². The molecule has 0 spiro atoms. The van der Waals surface area contributed by atoms with Gasteiger partial charge in [-0.25, -0.2) is 0 Å². The van der Waals surface area contributed by atoms with Crippen LogP contribution in [0.5, 0.6) is 5.75 Å². The maximum atomic E-state index is 12.7. The molecule has 0 saturated carbocycles. The number of hydrogen-bond acceptors (Lipinski definition) is 3. The molecule has 1 N–H and O–H groups in total. The van der Waals surface area contributed by atoms with Gasteiger partial charge in [-0.3, -0.25) is 9.78 Å². The number of aromatic hydroxyl groups is 1. The Hall–Kier alpha value is -2.04. The van der Waals surface area contributed by atoms with Gasteiger partial charge in [-0.1, -0.05) is 23.2 Å². The molecule has 4 nitrogen and oxygen atoms in total. The molecule has 0 aliphatic rings. The summed E-state index contributed by atoms with van der Waals surface area (Å²) in [5.41, 5.74) is 1.72. The molecule has 0 fully saturated rings. The average Bonchev–Trinajstić information content (AvgIpc) is 2.81. The molecule has 2 heterocycles. The van der Waals surface area contributed by atoms with Crippen LogP contribution in [0, 0.1) is 0 Å². The smallest absolute Gasteiger partial charge is 0.195 e. The number of phenolic OH excluding ortho intramolecular Hbond substituents is 1. The van der Waals surface area contributed by atoms with Gasteiger partial charge in [0.15, 0.2) is 11.5 Å². The standard InChI is InChI=1S/C15H10Cl2N2O2/c1-19-7-10(9-2-3-18-6-13(9)19)14(20)8-4-11(16)15(21)12(17)5-8/h2-7,21H,1H3. The van der Waals surface area contributed by atoms with Crippen molar-refractivity contribution in [2.75, 3.05) is 0 Å². The highest BCUT2D eigenvalue weighted by atomic mass is 35.5. The fraction of sp³-hybridized carbons (Fsp3) is 0.0667. The molecule has 21 heavy (non-hydrogen) atoms. The lowest BCUT2D eigenvalue weighted by molar-refractivity contribution is 0.104. The van der Waals surface area contributed by atoms with Crippen LogP contribution in [-0.4, -0.2) is 20.4 Å². The summed E-state index contributed by atoms with van der Waals surface area (Å²) < 4.78 is 1.83. The van der Waals surface area contributed by atoms with E-state index in [0.29, 0.717) is 11.1 Å². The van der Waals surface area contributed by atoms with Crippen molar-refractivity contribution in [1.82, 2.24) is 9.55 Å². The highest BCUT2D eigenvalue weighted by Crippen LogP contribution is 2.34. The van der Waals surface area contributed by atoms with Crippen molar-refractivity contribution in [3.05, 3.63) is 58.0 Å². The summed E-state index contributed by atoms with van der Waals surface area (Å²) >= 11 is 11.7. The maximum Gasteiger partial charge on any atom is 0.195 e. The molecular weight excluding hydrogens is 311 g/mol. The molecule has 0 atom stereocenters. The first kappa shape index (κ1) is 13.9. The number of phenols is 1. The minimum Gasteiger partial charge on any atom is -0.505 e. The van der Waals surface area contributed by atoms with E-state index >= 15 is 0 Å². The Labute approximate surface area is 130 Å². The number of fused-ring (bicyclic) bond motifs is 1. The first-order valence-electron chi connectivity index (χ1n) is 6.11. The van der Waals surface area contributed by atoms with Gasteiger partial charge in [0.1, 0.15) is 0 Å². The zero-order valence-corrected chi connectivity index (χ0v) is 12.5. The van der Waals surface area contributed by atoms with Gasteiger partial charge in [0.25, 0.3) is 0 Å². The van der Waals surface area contributed by atoms with E-state index in [9.17, 15) is 9.90 Å². The van der Waals surface area contributed by atoms with Gasteiger partial charge in [-0.05, 0) is 18.2 Å². The highest BCUT2D eigenvalue weighted by Gasteiger charge is 2.18. The third-order valence-corrected chi connectivity index (χ3v) is 3.89. The van der Waals surface area contributed by atoms with Crippen LogP contribution in [-0.2, 0) is 7.05 Å². The first-order chi connectivity index (χ1) is 9.99. The molecule has 0 radical (unpaired) electrons.